The van der Waals surface area contributed by atoms with Gasteiger partial charge in [0, 0.05) is 43.6 Å². The standard InChI is InChI=1S/C19H22N6O2/c26-10-9-25-13-22-16-11-14(4-5-17(16)25)18(27)23-15-3-1-8-24(12-15)19-20-6-2-7-21-19/h2,4-7,11,13,15,26H,1,3,8-10,12H2,(H,23,27)/t15-/m1/s1. The number of rotatable bonds is 5. The molecule has 1 aromatic carbocycles. The molecule has 4 rings (SSSR count). The molecule has 3 aromatic rings. The quantitative estimate of drug-likeness (QED) is 0.705. The van der Waals surface area contributed by atoms with Crippen molar-refractivity contribution < 1.29 is 9.90 Å². The molecule has 0 unspecified atom stereocenters. The van der Waals surface area contributed by atoms with Crippen LogP contribution in [0.5, 0.6) is 0 Å². The Morgan fingerprint density at radius 2 is 2.11 bits per heavy atom. The smallest absolute Gasteiger partial charge is 0.251 e. The van der Waals surface area contributed by atoms with E-state index in [-0.39, 0.29) is 18.6 Å². The van der Waals surface area contributed by atoms with Gasteiger partial charge >= 0.3 is 0 Å². The number of fused-ring (bicyclic) bond motifs is 1. The van der Waals surface area contributed by atoms with E-state index in [1.54, 1.807) is 36.9 Å². The van der Waals surface area contributed by atoms with Gasteiger partial charge in [-0.2, -0.15) is 0 Å². The van der Waals surface area contributed by atoms with E-state index in [0.29, 0.717) is 24.6 Å². The number of aliphatic hydroxyl groups is 1. The first-order valence-electron chi connectivity index (χ1n) is 9.13. The second-order valence-electron chi connectivity index (χ2n) is 6.67. The first-order valence-corrected chi connectivity index (χ1v) is 9.13. The third-order valence-electron chi connectivity index (χ3n) is 4.82. The molecular formula is C19H22N6O2. The van der Waals surface area contributed by atoms with Crippen molar-refractivity contribution in [1.82, 2.24) is 24.8 Å². The number of aliphatic hydroxyl groups excluding tert-OH is 1. The molecule has 2 aromatic heterocycles. The number of carbonyl (C=O) groups excluding carboxylic acids is 1. The van der Waals surface area contributed by atoms with Crippen LogP contribution in [0.1, 0.15) is 23.2 Å². The SMILES string of the molecule is O=C(N[C@@H]1CCCN(c2ncccn2)C1)c1ccc2c(c1)ncn2CCO. The number of hydrogen-bond donors (Lipinski definition) is 2. The number of piperidine rings is 1. The molecule has 8 nitrogen and oxygen atoms in total. The Hall–Kier alpha value is -3.00. The van der Waals surface area contributed by atoms with Crippen molar-refractivity contribution >= 4 is 22.9 Å². The van der Waals surface area contributed by atoms with Crippen molar-refractivity contribution in [1.29, 1.82) is 0 Å². The summed E-state index contributed by atoms with van der Waals surface area (Å²) >= 11 is 0. The molecule has 27 heavy (non-hydrogen) atoms. The van der Waals surface area contributed by atoms with Gasteiger partial charge in [0.25, 0.3) is 5.91 Å². The van der Waals surface area contributed by atoms with Crippen LogP contribution in [-0.4, -0.2) is 56.3 Å². The van der Waals surface area contributed by atoms with E-state index in [1.165, 1.54) is 0 Å². The van der Waals surface area contributed by atoms with Crippen molar-refractivity contribution in [3.63, 3.8) is 0 Å². The largest absolute Gasteiger partial charge is 0.395 e. The summed E-state index contributed by atoms with van der Waals surface area (Å²) in [6, 6.07) is 7.31. The molecule has 1 amide bonds. The first-order chi connectivity index (χ1) is 13.2. The molecule has 0 radical (unpaired) electrons. The number of nitrogens with zero attached hydrogens (tertiary/aromatic N) is 5. The third-order valence-corrected chi connectivity index (χ3v) is 4.82. The molecule has 1 aliphatic rings. The molecule has 1 saturated heterocycles. The van der Waals surface area contributed by atoms with Gasteiger partial charge in [-0.3, -0.25) is 4.79 Å². The summed E-state index contributed by atoms with van der Waals surface area (Å²) in [4.78, 5) is 27.7. The Balaban J connectivity index is 1.44. The lowest BCUT2D eigenvalue weighted by Crippen LogP contribution is -2.48. The third kappa shape index (κ3) is 3.75. The number of nitrogens with one attached hydrogen (secondary N) is 1. The van der Waals surface area contributed by atoms with E-state index in [4.69, 9.17) is 5.11 Å². The maximum atomic E-state index is 12.7. The summed E-state index contributed by atoms with van der Waals surface area (Å²) < 4.78 is 1.87. The lowest BCUT2D eigenvalue weighted by atomic mass is 10.1. The zero-order valence-corrected chi connectivity index (χ0v) is 15.0. The zero-order chi connectivity index (χ0) is 18.6. The predicted molar refractivity (Wildman–Crippen MR) is 102 cm³/mol. The molecule has 0 spiro atoms. The normalized spacial score (nSPS) is 17.2. The Kier molecular flexibility index (Phi) is 4.97. The zero-order valence-electron chi connectivity index (χ0n) is 15.0. The van der Waals surface area contributed by atoms with Gasteiger partial charge in [-0.15, -0.1) is 0 Å². The molecular weight excluding hydrogens is 344 g/mol. The van der Waals surface area contributed by atoms with Crippen LogP contribution in [0.15, 0.2) is 43.0 Å². The van der Waals surface area contributed by atoms with Crippen molar-refractivity contribution in [3.05, 3.63) is 48.5 Å². The summed E-state index contributed by atoms with van der Waals surface area (Å²) in [6.45, 7) is 2.13. The van der Waals surface area contributed by atoms with Gasteiger partial charge in [0.15, 0.2) is 0 Å². The maximum absolute atomic E-state index is 12.7. The lowest BCUT2D eigenvalue weighted by Gasteiger charge is -2.33. The number of amides is 1. The average Bonchev–Trinajstić information content (AvgIpc) is 3.11. The van der Waals surface area contributed by atoms with Crippen LogP contribution in [-0.2, 0) is 6.54 Å². The van der Waals surface area contributed by atoms with Crippen molar-refractivity contribution in [2.45, 2.75) is 25.4 Å². The van der Waals surface area contributed by atoms with E-state index in [1.807, 2.05) is 10.6 Å². The van der Waals surface area contributed by atoms with Crippen LogP contribution in [0.4, 0.5) is 5.95 Å². The van der Waals surface area contributed by atoms with E-state index in [2.05, 4.69) is 25.2 Å². The lowest BCUT2D eigenvalue weighted by molar-refractivity contribution is 0.0933. The fraction of sp³-hybridized carbons (Fsp3) is 0.368. The molecule has 0 bridgehead atoms. The van der Waals surface area contributed by atoms with Gasteiger partial charge in [-0.25, -0.2) is 15.0 Å². The fourth-order valence-corrected chi connectivity index (χ4v) is 3.49. The Labute approximate surface area is 156 Å². The van der Waals surface area contributed by atoms with E-state index < -0.39 is 0 Å². The molecule has 1 fully saturated rings. The molecule has 1 aliphatic heterocycles. The molecule has 3 heterocycles. The highest BCUT2D eigenvalue weighted by Gasteiger charge is 2.23. The van der Waals surface area contributed by atoms with Crippen LogP contribution in [0.2, 0.25) is 0 Å². The van der Waals surface area contributed by atoms with Gasteiger partial charge in [0.2, 0.25) is 5.95 Å². The van der Waals surface area contributed by atoms with Crippen molar-refractivity contribution in [2.24, 2.45) is 0 Å². The summed E-state index contributed by atoms with van der Waals surface area (Å²) in [5.74, 6) is 0.599. The highest BCUT2D eigenvalue weighted by molar-refractivity contribution is 5.97. The molecule has 0 saturated carbocycles. The van der Waals surface area contributed by atoms with Crippen LogP contribution in [0.25, 0.3) is 11.0 Å². The van der Waals surface area contributed by atoms with E-state index in [0.717, 1.165) is 30.4 Å². The predicted octanol–water partition coefficient (Wildman–Crippen LogP) is 1.22. The highest BCUT2D eigenvalue weighted by atomic mass is 16.3. The minimum Gasteiger partial charge on any atom is -0.395 e. The molecule has 8 heteroatoms. The Bertz CT molecular complexity index is 926. The summed E-state index contributed by atoms with van der Waals surface area (Å²) in [6.07, 6.45) is 7.06. The summed E-state index contributed by atoms with van der Waals surface area (Å²) in [5.41, 5.74) is 2.24. The van der Waals surface area contributed by atoms with Gasteiger partial charge in [0.1, 0.15) is 0 Å². The number of benzene rings is 1. The number of carbonyl (C=O) groups is 1. The fourth-order valence-electron chi connectivity index (χ4n) is 3.49. The number of aromatic nitrogens is 4. The first kappa shape index (κ1) is 17.4. The molecule has 2 N–H and O–H groups in total. The van der Waals surface area contributed by atoms with Gasteiger partial charge in [-0.05, 0) is 37.1 Å². The van der Waals surface area contributed by atoms with Crippen LogP contribution in [0, 0.1) is 0 Å². The molecule has 140 valence electrons. The Morgan fingerprint density at radius 3 is 2.93 bits per heavy atom. The summed E-state index contributed by atoms with van der Waals surface area (Å²) in [7, 11) is 0. The van der Waals surface area contributed by atoms with Gasteiger partial charge < -0.3 is 19.9 Å². The maximum Gasteiger partial charge on any atom is 0.251 e. The molecule has 0 aliphatic carbocycles. The van der Waals surface area contributed by atoms with Gasteiger partial charge in [-0.1, -0.05) is 0 Å². The minimum atomic E-state index is -0.102. The number of imidazole rings is 1. The van der Waals surface area contributed by atoms with E-state index >= 15 is 0 Å². The monoisotopic (exact) mass is 366 g/mol. The second kappa shape index (κ2) is 7.71. The van der Waals surface area contributed by atoms with Gasteiger partial charge in [0.05, 0.1) is 24.0 Å². The van der Waals surface area contributed by atoms with E-state index in [9.17, 15) is 4.79 Å². The second-order valence-corrected chi connectivity index (χ2v) is 6.67. The number of anilines is 1. The topological polar surface area (TPSA) is 96.2 Å². The number of hydrogen-bond acceptors (Lipinski definition) is 6. The highest BCUT2D eigenvalue weighted by Crippen LogP contribution is 2.18. The summed E-state index contributed by atoms with van der Waals surface area (Å²) in [5, 5.41) is 12.2. The minimum absolute atomic E-state index is 0.0526. The van der Waals surface area contributed by atoms with Crippen LogP contribution in [0.3, 0.4) is 0 Å². The van der Waals surface area contributed by atoms with Crippen molar-refractivity contribution in [3.8, 4) is 0 Å². The van der Waals surface area contributed by atoms with Crippen LogP contribution < -0.4 is 10.2 Å². The van der Waals surface area contributed by atoms with Crippen molar-refractivity contribution in [2.75, 3.05) is 24.6 Å². The Morgan fingerprint density at radius 1 is 1.26 bits per heavy atom. The van der Waals surface area contributed by atoms with Crippen LogP contribution >= 0.6 is 0 Å². The molecule has 1 atom stereocenters. The average molecular weight is 366 g/mol.